The summed E-state index contributed by atoms with van der Waals surface area (Å²) in [5.41, 5.74) is 0.237. The van der Waals surface area contributed by atoms with E-state index in [2.05, 4.69) is 5.32 Å². The van der Waals surface area contributed by atoms with Gasteiger partial charge in [0.2, 0.25) is 10.0 Å². The second kappa shape index (κ2) is 11.4. The van der Waals surface area contributed by atoms with Gasteiger partial charge in [0.15, 0.2) is 11.5 Å². The van der Waals surface area contributed by atoms with Crippen molar-refractivity contribution in [3.8, 4) is 17.2 Å². The van der Waals surface area contributed by atoms with Crippen molar-refractivity contribution in [2.45, 2.75) is 30.6 Å². The van der Waals surface area contributed by atoms with Crippen LogP contribution in [-0.2, 0) is 14.8 Å². The lowest BCUT2D eigenvalue weighted by Gasteiger charge is -2.21. The summed E-state index contributed by atoms with van der Waals surface area (Å²) in [4.78, 5) is 25.4. The first-order valence-corrected chi connectivity index (χ1v) is 12.5. The number of nitrogens with zero attached hydrogens (tertiary/aromatic N) is 1. The monoisotopic (exact) mass is 506 g/mol. The molecule has 0 atom stereocenters. The summed E-state index contributed by atoms with van der Waals surface area (Å²) >= 11 is 0. The minimum absolute atomic E-state index is 0.0458. The van der Waals surface area contributed by atoms with E-state index in [0.717, 1.165) is 25.7 Å². The third-order valence-corrected chi connectivity index (χ3v) is 7.71. The number of nitrogens with one attached hydrogen (secondary N) is 1. The van der Waals surface area contributed by atoms with E-state index in [1.165, 1.54) is 63.1 Å². The van der Waals surface area contributed by atoms with Crippen LogP contribution in [0, 0.1) is 0 Å². The Labute approximate surface area is 205 Å². The van der Waals surface area contributed by atoms with Crippen LogP contribution in [0.2, 0.25) is 0 Å². The van der Waals surface area contributed by atoms with Crippen LogP contribution < -0.4 is 19.5 Å². The van der Waals surface area contributed by atoms with Crippen LogP contribution in [0.3, 0.4) is 0 Å². The quantitative estimate of drug-likeness (QED) is 0.542. The molecule has 11 heteroatoms. The molecule has 35 heavy (non-hydrogen) atoms. The van der Waals surface area contributed by atoms with Crippen molar-refractivity contribution in [3.05, 3.63) is 41.5 Å². The maximum absolute atomic E-state index is 13.4. The van der Waals surface area contributed by atoms with Crippen LogP contribution in [-0.4, -0.2) is 66.1 Å². The standard InChI is InChI=1S/C24H30N2O8S/c1-31-19-10-9-16(13-22(19)35(29,30)26-11-7-5-6-8-12-26)23(27)25-18-15-21(33-3)20(32-2)14-17(18)24(28)34-4/h9-10,13-15H,5-8,11-12H2,1-4H3,(H,25,27). The van der Waals surface area contributed by atoms with Gasteiger partial charge in [-0.15, -0.1) is 0 Å². The largest absolute Gasteiger partial charge is 0.495 e. The van der Waals surface area contributed by atoms with Gasteiger partial charge in [-0.1, -0.05) is 12.8 Å². The van der Waals surface area contributed by atoms with Crippen molar-refractivity contribution < 1.29 is 37.0 Å². The molecule has 1 fully saturated rings. The molecule has 0 aliphatic carbocycles. The number of esters is 1. The van der Waals surface area contributed by atoms with Crippen LogP contribution >= 0.6 is 0 Å². The SMILES string of the molecule is COC(=O)c1cc(OC)c(OC)cc1NC(=O)c1ccc(OC)c(S(=O)(=O)N2CCCCCC2)c1. The van der Waals surface area contributed by atoms with Gasteiger partial charge in [0.1, 0.15) is 10.6 Å². The molecule has 1 aliphatic rings. The number of benzene rings is 2. The second-order valence-corrected chi connectivity index (χ2v) is 9.79. The summed E-state index contributed by atoms with van der Waals surface area (Å²) < 4.78 is 48.9. The molecule has 1 amide bonds. The zero-order valence-corrected chi connectivity index (χ0v) is 21.1. The number of methoxy groups -OCH3 is 4. The van der Waals surface area contributed by atoms with Crippen molar-refractivity contribution in [1.82, 2.24) is 4.31 Å². The topological polar surface area (TPSA) is 120 Å². The third-order valence-electron chi connectivity index (χ3n) is 5.79. The molecule has 2 aromatic carbocycles. The fraction of sp³-hybridized carbons (Fsp3) is 0.417. The Morgan fingerprint density at radius 3 is 2.00 bits per heavy atom. The maximum atomic E-state index is 13.4. The van der Waals surface area contributed by atoms with E-state index in [4.69, 9.17) is 18.9 Å². The highest BCUT2D eigenvalue weighted by Gasteiger charge is 2.29. The minimum Gasteiger partial charge on any atom is -0.495 e. The molecule has 1 heterocycles. The Hall–Kier alpha value is -3.31. The lowest BCUT2D eigenvalue weighted by molar-refractivity contribution is 0.0601. The number of carbonyl (C=O) groups excluding carboxylic acids is 2. The molecule has 10 nitrogen and oxygen atoms in total. The molecule has 0 unspecified atom stereocenters. The van der Waals surface area contributed by atoms with E-state index in [1.54, 1.807) is 0 Å². The van der Waals surface area contributed by atoms with Crippen molar-refractivity contribution in [2.24, 2.45) is 0 Å². The molecular formula is C24H30N2O8S. The molecule has 0 radical (unpaired) electrons. The van der Waals surface area contributed by atoms with E-state index in [0.29, 0.717) is 13.1 Å². The van der Waals surface area contributed by atoms with Crippen molar-refractivity contribution >= 4 is 27.6 Å². The number of ether oxygens (including phenoxy) is 4. The summed E-state index contributed by atoms with van der Waals surface area (Å²) in [6.45, 7) is 0.825. The Kier molecular flexibility index (Phi) is 8.57. The lowest BCUT2D eigenvalue weighted by Crippen LogP contribution is -2.32. The van der Waals surface area contributed by atoms with E-state index in [1.807, 2.05) is 0 Å². The molecule has 1 aliphatic heterocycles. The average Bonchev–Trinajstić information content (AvgIpc) is 3.17. The highest BCUT2D eigenvalue weighted by atomic mass is 32.2. The number of carbonyl (C=O) groups is 2. The molecule has 190 valence electrons. The molecule has 1 saturated heterocycles. The molecule has 0 spiro atoms. The number of sulfonamides is 1. The summed E-state index contributed by atoms with van der Waals surface area (Å²) in [5.74, 6) is -0.610. The Bertz CT molecular complexity index is 1190. The maximum Gasteiger partial charge on any atom is 0.340 e. The van der Waals surface area contributed by atoms with Gasteiger partial charge in [-0.3, -0.25) is 4.79 Å². The summed E-state index contributed by atoms with van der Waals surface area (Å²) in [5, 5.41) is 2.65. The van der Waals surface area contributed by atoms with E-state index in [9.17, 15) is 18.0 Å². The molecular weight excluding hydrogens is 476 g/mol. The van der Waals surface area contributed by atoms with Gasteiger partial charge in [-0.25, -0.2) is 13.2 Å². The zero-order chi connectivity index (χ0) is 25.6. The molecule has 0 bridgehead atoms. The summed E-state index contributed by atoms with van der Waals surface area (Å²) in [6, 6.07) is 7.00. The van der Waals surface area contributed by atoms with Crippen LogP contribution in [0.4, 0.5) is 5.69 Å². The van der Waals surface area contributed by atoms with Gasteiger partial charge in [0.05, 0.1) is 39.7 Å². The fourth-order valence-corrected chi connectivity index (χ4v) is 5.59. The highest BCUT2D eigenvalue weighted by molar-refractivity contribution is 7.89. The predicted molar refractivity (Wildman–Crippen MR) is 129 cm³/mol. The van der Waals surface area contributed by atoms with Gasteiger partial charge in [-0.2, -0.15) is 4.31 Å². The van der Waals surface area contributed by atoms with Gasteiger partial charge >= 0.3 is 5.97 Å². The number of hydrogen-bond donors (Lipinski definition) is 1. The first-order valence-electron chi connectivity index (χ1n) is 11.1. The average molecular weight is 507 g/mol. The number of rotatable bonds is 8. The normalized spacial score (nSPS) is 14.5. The van der Waals surface area contributed by atoms with Gasteiger partial charge in [0.25, 0.3) is 5.91 Å². The third kappa shape index (κ3) is 5.68. The van der Waals surface area contributed by atoms with Crippen molar-refractivity contribution in [1.29, 1.82) is 0 Å². The van der Waals surface area contributed by atoms with Crippen LogP contribution in [0.5, 0.6) is 17.2 Å². The Morgan fingerprint density at radius 1 is 0.829 bits per heavy atom. The van der Waals surface area contributed by atoms with Gasteiger partial charge < -0.3 is 24.3 Å². The number of anilines is 1. The summed E-state index contributed by atoms with van der Waals surface area (Å²) in [6.07, 6.45) is 3.49. The van der Waals surface area contributed by atoms with E-state index >= 15 is 0 Å². The Morgan fingerprint density at radius 2 is 1.43 bits per heavy atom. The predicted octanol–water partition coefficient (Wildman–Crippen LogP) is 3.32. The van der Waals surface area contributed by atoms with Crippen LogP contribution in [0.1, 0.15) is 46.4 Å². The van der Waals surface area contributed by atoms with Crippen LogP contribution in [0.15, 0.2) is 35.2 Å². The first kappa shape index (κ1) is 26.3. The Balaban J connectivity index is 2.00. The second-order valence-electron chi connectivity index (χ2n) is 7.88. The van der Waals surface area contributed by atoms with Gasteiger partial charge in [0, 0.05) is 30.8 Å². The van der Waals surface area contributed by atoms with Crippen molar-refractivity contribution in [2.75, 3.05) is 46.8 Å². The van der Waals surface area contributed by atoms with Crippen molar-refractivity contribution in [3.63, 3.8) is 0 Å². The fourth-order valence-electron chi connectivity index (χ4n) is 3.90. The lowest BCUT2D eigenvalue weighted by atomic mass is 10.1. The molecule has 1 N–H and O–H groups in total. The van der Waals surface area contributed by atoms with Gasteiger partial charge in [-0.05, 0) is 31.0 Å². The smallest absolute Gasteiger partial charge is 0.340 e. The zero-order valence-electron chi connectivity index (χ0n) is 20.3. The number of amides is 1. The first-order chi connectivity index (χ1) is 16.8. The van der Waals surface area contributed by atoms with E-state index < -0.39 is 21.9 Å². The minimum atomic E-state index is -3.88. The molecule has 0 saturated carbocycles. The van der Waals surface area contributed by atoms with E-state index in [-0.39, 0.29) is 39.0 Å². The molecule has 0 aromatic heterocycles. The highest BCUT2D eigenvalue weighted by Crippen LogP contribution is 2.35. The summed E-state index contributed by atoms with van der Waals surface area (Å²) in [7, 11) is 1.55. The van der Waals surface area contributed by atoms with Crippen LogP contribution in [0.25, 0.3) is 0 Å². The molecule has 2 aromatic rings. The number of hydrogen-bond acceptors (Lipinski definition) is 8. The molecule has 3 rings (SSSR count).